The topological polar surface area (TPSA) is 112 Å². The lowest BCUT2D eigenvalue weighted by Crippen LogP contribution is -2.09. The molecule has 0 aliphatic heterocycles. The van der Waals surface area contributed by atoms with E-state index >= 15 is 0 Å². The zero-order chi connectivity index (χ0) is 13.2. The van der Waals surface area contributed by atoms with Crippen molar-refractivity contribution in [3.8, 4) is 17.5 Å². The van der Waals surface area contributed by atoms with Crippen molar-refractivity contribution in [2.45, 2.75) is 0 Å². The third-order valence-electron chi connectivity index (χ3n) is 2.41. The van der Waals surface area contributed by atoms with Crippen LogP contribution in [-0.4, -0.2) is 51.8 Å². The summed E-state index contributed by atoms with van der Waals surface area (Å²) in [6.07, 6.45) is 4.51. The molecule has 3 heterocycles. The molecule has 0 saturated heterocycles. The quantitative estimate of drug-likeness (QED) is 0.655. The Morgan fingerprint density at radius 1 is 1.21 bits per heavy atom. The van der Waals surface area contributed by atoms with E-state index in [9.17, 15) is 0 Å². The summed E-state index contributed by atoms with van der Waals surface area (Å²) in [6, 6.07) is 0. The molecule has 0 amide bonds. The van der Waals surface area contributed by atoms with Gasteiger partial charge in [0.15, 0.2) is 5.82 Å². The van der Waals surface area contributed by atoms with E-state index in [2.05, 4.69) is 40.7 Å². The molecule has 1 N–H and O–H groups in total. The summed E-state index contributed by atoms with van der Waals surface area (Å²) in [5.74, 6) is 1.25. The van der Waals surface area contributed by atoms with Crippen molar-refractivity contribution in [3.63, 3.8) is 0 Å². The van der Waals surface area contributed by atoms with E-state index < -0.39 is 0 Å². The Hall–Kier alpha value is -2.91. The van der Waals surface area contributed by atoms with Gasteiger partial charge >= 0.3 is 0 Å². The molecular weight excluding hydrogens is 248 g/mol. The summed E-state index contributed by atoms with van der Waals surface area (Å²) in [5.41, 5.74) is 0.681. The molecule has 3 aromatic heterocycles. The molecule has 0 atom stereocenters. The SMILES string of the molecule is CNc1nc(-c2cnnn2C)nc(-n2cncn2)n1. The standard InChI is InChI=1S/C9H10N10/c1-10-8-14-7(6-3-12-17-18(6)2)15-9(16-8)19-5-11-4-13-19/h3-5H,1-2H3,(H,10,14,15,16). The van der Waals surface area contributed by atoms with Crippen molar-refractivity contribution in [2.75, 3.05) is 12.4 Å². The molecule has 0 fully saturated rings. The lowest BCUT2D eigenvalue weighted by atomic mass is 10.4. The molecule has 0 aliphatic carbocycles. The summed E-state index contributed by atoms with van der Waals surface area (Å²) in [4.78, 5) is 16.7. The summed E-state index contributed by atoms with van der Waals surface area (Å²) >= 11 is 0. The van der Waals surface area contributed by atoms with Crippen LogP contribution >= 0.6 is 0 Å². The zero-order valence-corrected chi connectivity index (χ0v) is 10.3. The van der Waals surface area contributed by atoms with E-state index in [0.29, 0.717) is 23.4 Å². The smallest absolute Gasteiger partial charge is 0.257 e. The van der Waals surface area contributed by atoms with Gasteiger partial charge in [0.05, 0.1) is 6.20 Å². The molecule has 0 radical (unpaired) electrons. The Labute approximate surface area is 107 Å². The van der Waals surface area contributed by atoms with E-state index in [0.717, 1.165) is 0 Å². The predicted molar refractivity (Wildman–Crippen MR) is 64.3 cm³/mol. The highest BCUT2D eigenvalue weighted by atomic mass is 15.4. The van der Waals surface area contributed by atoms with Crippen molar-refractivity contribution in [2.24, 2.45) is 7.05 Å². The number of aromatic nitrogens is 9. The molecule has 0 bridgehead atoms. The minimum atomic E-state index is 0.369. The first kappa shape index (κ1) is 11.2. The van der Waals surface area contributed by atoms with E-state index in [-0.39, 0.29) is 0 Å². The van der Waals surface area contributed by atoms with Gasteiger partial charge in [-0.05, 0) is 0 Å². The predicted octanol–water partition coefficient (Wildman–Crippen LogP) is -0.711. The molecular formula is C9H10N10. The highest BCUT2D eigenvalue weighted by Crippen LogP contribution is 2.14. The minimum absolute atomic E-state index is 0.369. The van der Waals surface area contributed by atoms with Crippen molar-refractivity contribution >= 4 is 5.95 Å². The molecule has 10 nitrogen and oxygen atoms in total. The largest absolute Gasteiger partial charge is 0.357 e. The molecule has 19 heavy (non-hydrogen) atoms. The average Bonchev–Trinajstić information content (AvgIpc) is 3.09. The van der Waals surface area contributed by atoms with Crippen LogP contribution in [0.3, 0.4) is 0 Å². The van der Waals surface area contributed by atoms with Crippen LogP contribution in [0.15, 0.2) is 18.9 Å². The van der Waals surface area contributed by atoms with Crippen LogP contribution in [0.1, 0.15) is 0 Å². The van der Waals surface area contributed by atoms with Gasteiger partial charge in [-0.15, -0.1) is 5.10 Å². The van der Waals surface area contributed by atoms with Gasteiger partial charge < -0.3 is 5.32 Å². The number of rotatable bonds is 3. The fourth-order valence-electron chi connectivity index (χ4n) is 1.50. The summed E-state index contributed by atoms with van der Waals surface area (Å²) in [5, 5.41) is 14.5. The van der Waals surface area contributed by atoms with Crippen molar-refractivity contribution < 1.29 is 0 Å². The number of anilines is 1. The Bertz CT molecular complexity index is 685. The molecule has 0 saturated carbocycles. The summed E-state index contributed by atoms with van der Waals surface area (Å²) < 4.78 is 3.04. The normalized spacial score (nSPS) is 10.6. The molecule has 10 heteroatoms. The molecule has 3 rings (SSSR count). The van der Waals surface area contributed by atoms with Crippen molar-refractivity contribution in [1.29, 1.82) is 0 Å². The van der Waals surface area contributed by atoms with Gasteiger partial charge in [0, 0.05) is 14.1 Å². The van der Waals surface area contributed by atoms with Gasteiger partial charge in [0.25, 0.3) is 5.95 Å². The third-order valence-corrected chi connectivity index (χ3v) is 2.41. The van der Waals surface area contributed by atoms with Gasteiger partial charge in [-0.2, -0.15) is 24.7 Å². The molecule has 0 unspecified atom stereocenters. The van der Waals surface area contributed by atoms with Crippen LogP contribution in [0.2, 0.25) is 0 Å². The molecule has 0 spiro atoms. The maximum absolute atomic E-state index is 4.32. The fourth-order valence-corrected chi connectivity index (χ4v) is 1.50. The van der Waals surface area contributed by atoms with Gasteiger partial charge in [0.2, 0.25) is 5.95 Å². The second-order valence-electron chi connectivity index (χ2n) is 3.62. The zero-order valence-electron chi connectivity index (χ0n) is 10.3. The van der Waals surface area contributed by atoms with E-state index in [1.807, 2.05) is 0 Å². The Morgan fingerprint density at radius 2 is 2.11 bits per heavy atom. The first-order valence-electron chi connectivity index (χ1n) is 5.42. The third kappa shape index (κ3) is 1.99. The van der Waals surface area contributed by atoms with Crippen LogP contribution in [0.5, 0.6) is 0 Å². The lowest BCUT2D eigenvalue weighted by molar-refractivity contribution is 0.714. The van der Waals surface area contributed by atoms with Gasteiger partial charge in [-0.25, -0.2) is 9.67 Å². The molecule has 0 aromatic carbocycles. The van der Waals surface area contributed by atoms with E-state index in [1.165, 1.54) is 17.3 Å². The number of nitrogens with zero attached hydrogens (tertiary/aromatic N) is 9. The molecule has 96 valence electrons. The van der Waals surface area contributed by atoms with Crippen LogP contribution in [-0.2, 0) is 7.05 Å². The minimum Gasteiger partial charge on any atom is -0.357 e. The van der Waals surface area contributed by atoms with Crippen LogP contribution in [0.25, 0.3) is 17.5 Å². The maximum Gasteiger partial charge on any atom is 0.257 e. The first-order valence-corrected chi connectivity index (χ1v) is 5.42. The molecule has 3 aromatic rings. The van der Waals surface area contributed by atoms with Gasteiger partial charge in [0.1, 0.15) is 18.3 Å². The Kier molecular flexibility index (Phi) is 2.59. The second kappa shape index (κ2) is 4.40. The van der Waals surface area contributed by atoms with Crippen LogP contribution in [0.4, 0.5) is 5.95 Å². The van der Waals surface area contributed by atoms with Crippen LogP contribution < -0.4 is 5.32 Å². The highest BCUT2D eigenvalue weighted by Gasteiger charge is 2.12. The van der Waals surface area contributed by atoms with Gasteiger partial charge in [-0.3, -0.25) is 0 Å². The fraction of sp³-hybridized carbons (Fsp3) is 0.222. The lowest BCUT2D eigenvalue weighted by Gasteiger charge is -2.05. The Balaban J connectivity index is 2.16. The summed E-state index contributed by atoms with van der Waals surface area (Å²) in [7, 11) is 3.49. The van der Waals surface area contributed by atoms with Gasteiger partial charge in [-0.1, -0.05) is 5.21 Å². The van der Waals surface area contributed by atoms with Crippen molar-refractivity contribution in [1.82, 2.24) is 44.7 Å². The number of hydrogen-bond donors (Lipinski definition) is 1. The highest BCUT2D eigenvalue weighted by molar-refractivity contribution is 5.50. The number of hydrogen-bond acceptors (Lipinski definition) is 8. The number of aryl methyl sites for hydroxylation is 1. The van der Waals surface area contributed by atoms with E-state index in [4.69, 9.17) is 0 Å². The maximum atomic E-state index is 4.32. The monoisotopic (exact) mass is 258 g/mol. The first-order chi connectivity index (χ1) is 9.28. The molecule has 0 aliphatic rings. The summed E-state index contributed by atoms with van der Waals surface area (Å²) in [6.45, 7) is 0. The number of nitrogens with one attached hydrogen (secondary N) is 1. The average molecular weight is 258 g/mol. The van der Waals surface area contributed by atoms with E-state index in [1.54, 1.807) is 25.0 Å². The Morgan fingerprint density at radius 3 is 2.74 bits per heavy atom. The van der Waals surface area contributed by atoms with Crippen LogP contribution in [0, 0.1) is 0 Å². The second-order valence-corrected chi connectivity index (χ2v) is 3.62. The van der Waals surface area contributed by atoms with Crippen molar-refractivity contribution in [3.05, 3.63) is 18.9 Å².